The van der Waals surface area contributed by atoms with Crippen molar-refractivity contribution in [3.05, 3.63) is 24.3 Å². The van der Waals surface area contributed by atoms with Crippen LogP contribution in [-0.2, 0) is 9.53 Å². The van der Waals surface area contributed by atoms with Gasteiger partial charge in [0, 0.05) is 19.3 Å². The van der Waals surface area contributed by atoms with Crippen molar-refractivity contribution in [2.45, 2.75) is 25.9 Å². The molecule has 3 N–H and O–H groups in total. The fourth-order valence-corrected chi connectivity index (χ4v) is 1.54. The highest BCUT2D eigenvalue weighted by atomic mass is 16.5. The molecule has 0 aliphatic carbocycles. The average Bonchev–Trinajstić information content (AvgIpc) is 2.44. The van der Waals surface area contributed by atoms with E-state index in [0.717, 1.165) is 17.9 Å². The summed E-state index contributed by atoms with van der Waals surface area (Å²) in [6.45, 7) is 3.07. The number of hydrogen-bond donors (Lipinski definition) is 2. The molecule has 0 bridgehead atoms. The second kappa shape index (κ2) is 8.50. The Kier molecular flexibility index (Phi) is 6.92. The highest BCUT2D eigenvalue weighted by molar-refractivity contribution is 5.91. The van der Waals surface area contributed by atoms with Crippen molar-refractivity contribution in [3.8, 4) is 5.75 Å². The summed E-state index contributed by atoms with van der Waals surface area (Å²) in [6, 6.07) is 7.30. The summed E-state index contributed by atoms with van der Waals surface area (Å²) in [6.07, 6.45) is 0.976. The van der Waals surface area contributed by atoms with E-state index in [1.54, 1.807) is 7.11 Å². The lowest BCUT2D eigenvalue weighted by molar-refractivity contribution is -0.118. The van der Waals surface area contributed by atoms with Crippen molar-refractivity contribution < 1.29 is 14.3 Å². The Labute approximate surface area is 114 Å². The van der Waals surface area contributed by atoms with Crippen LogP contribution in [0.15, 0.2) is 24.3 Å². The molecular weight excluding hydrogens is 244 g/mol. The number of benzene rings is 1. The van der Waals surface area contributed by atoms with Gasteiger partial charge in [0.15, 0.2) is 0 Å². The molecule has 1 atom stereocenters. The highest BCUT2D eigenvalue weighted by Crippen LogP contribution is 2.16. The number of amides is 1. The number of carbonyl (C=O) groups excluding carboxylic acids is 1. The average molecular weight is 266 g/mol. The van der Waals surface area contributed by atoms with Gasteiger partial charge in [-0.2, -0.15) is 0 Å². The number of rotatable bonds is 8. The number of ether oxygens (including phenoxy) is 2. The number of methoxy groups -OCH3 is 1. The van der Waals surface area contributed by atoms with Gasteiger partial charge in [0.1, 0.15) is 5.75 Å². The lowest BCUT2D eigenvalue weighted by Crippen LogP contribution is -2.28. The predicted molar refractivity (Wildman–Crippen MR) is 75.3 cm³/mol. The number of nitrogens with two attached hydrogens (primary N) is 1. The van der Waals surface area contributed by atoms with Crippen molar-refractivity contribution in [2.75, 3.05) is 25.6 Å². The summed E-state index contributed by atoms with van der Waals surface area (Å²) in [5.74, 6) is 0.691. The van der Waals surface area contributed by atoms with Crippen LogP contribution in [0.1, 0.15) is 19.8 Å². The molecular formula is C14H22N2O3. The summed E-state index contributed by atoms with van der Waals surface area (Å²) in [5.41, 5.74) is 6.21. The third-order valence-corrected chi connectivity index (χ3v) is 2.62. The van der Waals surface area contributed by atoms with Crippen molar-refractivity contribution >= 4 is 11.6 Å². The van der Waals surface area contributed by atoms with E-state index in [2.05, 4.69) is 12.2 Å². The van der Waals surface area contributed by atoms with Gasteiger partial charge in [-0.1, -0.05) is 6.92 Å². The Balaban J connectivity index is 2.46. The first-order chi connectivity index (χ1) is 9.19. The van der Waals surface area contributed by atoms with Crippen LogP contribution in [0.3, 0.4) is 0 Å². The minimum Gasteiger partial charge on any atom is -0.494 e. The van der Waals surface area contributed by atoms with E-state index in [4.69, 9.17) is 15.2 Å². The van der Waals surface area contributed by atoms with Crippen LogP contribution in [-0.4, -0.2) is 32.3 Å². The molecule has 5 nitrogen and oxygen atoms in total. The second-order valence-electron chi connectivity index (χ2n) is 4.22. The van der Waals surface area contributed by atoms with E-state index in [-0.39, 0.29) is 18.4 Å². The maximum Gasteiger partial charge on any atom is 0.227 e. The van der Waals surface area contributed by atoms with Crippen LogP contribution in [0.25, 0.3) is 0 Å². The van der Waals surface area contributed by atoms with Gasteiger partial charge in [0.05, 0.1) is 19.1 Å². The molecule has 0 aromatic heterocycles. The molecule has 0 aliphatic heterocycles. The fourth-order valence-electron chi connectivity index (χ4n) is 1.54. The second-order valence-corrected chi connectivity index (χ2v) is 4.22. The Morgan fingerprint density at radius 1 is 1.37 bits per heavy atom. The first kappa shape index (κ1) is 15.5. The topological polar surface area (TPSA) is 73.6 Å². The third kappa shape index (κ3) is 5.72. The van der Waals surface area contributed by atoms with Crippen molar-refractivity contribution in [1.82, 2.24) is 0 Å². The minimum atomic E-state index is -0.243. The molecule has 0 saturated carbocycles. The largest absolute Gasteiger partial charge is 0.494 e. The van der Waals surface area contributed by atoms with Crippen molar-refractivity contribution in [2.24, 2.45) is 5.73 Å². The number of hydrogen-bond acceptors (Lipinski definition) is 4. The van der Waals surface area contributed by atoms with Gasteiger partial charge in [0.25, 0.3) is 0 Å². The molecule has 1 aromatic carbocycles. The molecule has 1 amide bonds. The Morgan fingerprint density at radius 2 is 2.05 bits per heavy atom. The van der Waals surface area contributed by atoms with Gasteiger partial charge in [-0.25, -0.2) is 0 Å². The molecule has 0 spiro atoms. The maximum absolute atomic E-state index is 11.7. The van der Waals surface area contributed by atoms with Crippen LogP contribution in [0.2, 0.25) is 0 Å². The smallest absolute Gasteiger partial charge is 0.227 e. The van der Waals surface area contributed by atoms with E-state index >= 15 is 0 Å². The number of carbonyl (C=O) groups is 1. The predicted octanol–water partition coefficient (Wildman–Crippen LogP) is 1.78. The van der Waals surface area contributed by atoms with Gasteiger partial charge in [-0.15, -0.1) is 0 Å². The standard InChI is InChI=1S/C14H22N2O3/c1-3-8-19-12-6-4-11(5-7-12)16-14(17)9-13(10-15)18-2/h4-7,13H,3,8-10,15H2,1-2H3,(H,16,17). The van der Waals surface area contributed by atoms with E-state index in [1.165, 1.54) is 0 Å². The van der Waals surface area contributed by atoms with E-state index in [1.807, 2.05) is 24.3 Å². The Bertz CT molecular complexity index is 375. The molecule has 0 saturated heterocycles. The van der Waals surface area contributed by atoms with Crippen molar-refractivity contribution in [3.63, 3.8) is 0 Å². The van der Waals surface area contributed by atoms with Crippen LogP contribution in [0.4, 0.5) is 5.69 Å². The lowest BCUT2D eigenvalue weighted by atomic mass is 10.2. The van der Waals surface area contributed by atoms with Gasteiger partial charge in [-0.05, 0) is 30.7 Å². The first-order valence-electron chi connectivity index (χ1n) is 6.45. The van der Waals surface area contributed by atoms with Crippen LogP contribution in [0, 0.1) is 0 Å². The molecule has 0 heterocycles. The molecule has 106 valence electrons. The molecule has 1 unspecified atom stereocenters. The molecule has 1 rings (SSSR count). The Hall–Kier alpha value is -1.59. The molecule has 19 heavy (non-hydrogen) atoms. The van der Waals surface area contributed by atoms with Crippen LogP contribution < -0.4 is 15.8 Å². The monoisotopic (exact) mass is 266 g/mol. The molecule has 5 heteroatoms. The fraction of sp³-hybridized carbons (Fsp3) is 0.500. The minimum absolute atomic E-state index is 0.112. The summed E-state index contributed by atoms with van der Waals surface area (Å²) in [7, 11) is 1.55. The summed E-state index contributed by atoms with van der Waals surface area (Å²) in [4.78, 5) is 11.7. The summed E-state index contributed by atoms with van der Waals surface area (Å²) in [5, 5.41) is 2.79. The van der Waals surface area contributed by atoms with Gasteiger partial charge in [0.2, 0.25) is 5.91 Å². The van der Waals surface area contributed by atoms with Gasteiger partial charge < -0.3 is 20.5 Å². The number of nitrogens with one attached hydrogen (secondary N) is 1. The quantitative estimate of drug-likeness (QED) is 0.752. The van der Waals surface area contributed by atoms with Crippen LogP contribution >= 0.6 is 0 Å². The van der Waals surface area contributed by atoms with Gasteiger partial charge >= 0.3 is 0 Å². The molecule has 0 aliphatic rings. The summed E-state index contributed by atoms with van der Waals surface area (Å²) < 4.78 is 10.5. The van der Waals surface area contributed by atoms with E-state index in [9.17, 15) is 4.79 Å². The highest BCUT2D eigenvalue weighted by Gasteiger charge is 2.11. The molecule has 1 aromatic rings. The maximum atomic E-state index is 11.7. The SMILES string of the molecule is CCCOc1ccc(NC(=O)CC(CN)OC)cc1. The lowest BCUT2D eigenvalue weighted by Gasteiger charge is -2.12. The zero-order valence-corrected chi connectivity index (χ0v) is 11.5. The first-order valence-corrected chi connectivity index (χ1v) is 6.45. The Morgan fingerprint density at radius 3 is 2.58 bits per heavy atom. The zero-order valence-electron chi connectivity index (χ0n) is 11.5. The van der Waals surface area contributed by atoms with Crippen LogP contribution in [0.5, 0.6) is 5.75 Å². The molecule has 0 fully saturated rings. The third-order valence-electron chi connectivity index (χ3n) is 2.62. The summed E-state index contributed by atoms with van der Waals surface area (Å²) >= 11 is 0. The normalized spacial score (nSPS) is 11.9. The molecule has 0 radical (unpaired) electrons. The van der Waals surface area contributed by atoms with E-state index < -0.39 is 0 Å². The van der Waals surface area contributed by atoms with E-state index in [0.29, 0.717) is 13.2 Å². The van der Waals surface area contributed by atoms with Crippen molar-refractivity contribution in [1.29, 1.82) is 0 Å². The number of anilines is 1. The zero-order chi connectivity index (χ0) is 14.1. The van der Waals surface area contributed by atoms with Gasteiger partial charge in [-0.3, -0.25) is 4.79 Å².